The van der Waals surface area contributed by atoms with Gasteiger partial charge in [-0.3, -0.25) is 4.79 Å². The van der Waals surface area contributed by atoms with Crippen molar-refractivity contribution in [2.45, 2.75) is 32.3 Å². The Bertz CT molecular complexity index is 776. The Morgan fingerprint density at radius 2 is 1.70 bits per heavy atom. The monoisotopic (exact) mass is 384 g/mol. The zero-order valence-corrected chi connectivity index (χ0v) is 17.6. The van der Waals surface area contributed by atoms with Gasteiger partial charge < -0.3 is 9.47 Å². The van der Waals surface area contributed by atoms with Crippen molar-refractivity contribution in [3.05, 3.63) is 88.9 Å². The van der Waals surface area contributed by atoms with Gasteiger partial charge in [0, 0.05) is 16.0 Å². The molecule has 0 aliphatic heterocycles. The maximum atomic E-state index is 10.7. The van der Waals surface area contributed by atoms with Crippen LogP contribution in [0, 0.1) is 0 Å². The number of hydrogen-bond acceptors (Lipinski definition) is 4. The molecule has 144 valence electrons. The third kappa shape index (κ3) is 6.99. The van der Waals surface area contributed by atoms with Crippen LogP contribution in [0.25, 0.3) is 0 Å². The summed E-state index contributed by atoms with van der Waals surface area (Å²) >= 11 is 1.70. The molecule has 0 aliphatic carbocycles. The number of carbonyl (C=O) groups excluding carboxylic acids is 1. The first-order valence-electron chi connectivity index (χ1n) is 8.53. The molecule has 0 amide bonds. The van der Waals surface area contributed by atoms with E-state index in [1.54, 1.807) is 31.0 Å². The summed E-state index contributed by atoms with van der Waals surface area (Å²) in [6, 6.07) is 8.25. The molecule has 0 aromatic heterocycles. The fraction of sp³-hybridized carbons (Fsp3) is 0.261. The number of thioether (sulfide) groups is 1. The van der Waals surface area contributed by atoms with Crippen molar-refractivity contribution in [1.82, 2.24) is 0 Å². The molecule has 0 fully saturated rings. The van der Waals surface area contributed by atoms with E-state index < -0.39 is 0 Å². The number of benzene rings is 1. The first kappa shape index (κ1) is 22.6. The molecule has 4 heteroatoms. The second kappa shape index (κ2) is 11.3. The predicted octanol–water partition coefficient (Wildman–Crippen LogP) is 6.01. The average Bonchev–Trinajstić information content (AvgIpc) is 2.68. The van der Waals surface area contributed by atoms with E-state index in [-0.39, 0.29) is 0 Å². The average molecular weight is 385 g/mol. The van der Waals surface area contributed by atoms with Gasteiger partial charge in [0.1, 0.15) is 12.9 Å². The molecule has 27 heavy (non-hydrogen) atoms. The van der Waals surface area contributed by atoms with Crippen LogP contribution in [-0.4, -0.2) is 19.7 Å². The third-order valence-corrected chi connectivity index (χ3v) is 4.62. The lowest BCUT2D eigenvalue weighted by molar-refractivity contribution is -0.104. The van der Waals surface area contributed by atoms with Crippen LogP contribution in [0.3, 0.4) is 0 Å². The molecule has 0 saturated carbocycles. The van der Waals surface area contributed by atoms with Gasteiger partial charge in [0.2, 0.25) is 0 Å². The zero-order valence-electron chi connectivity index (χ0n) is 16.8. The van der Waals surface area contributed by atoms with E-state index in [4.69, 9.17) is 9.47 Å². The van der Waals surface area contributed by atoms with Crippen LogP contribution in [0.15, 0.2) is 88.3 Å². The molecule has 0 saturated heterocycles. The van der Waals surface area contributed by atoms with Gasteiger partial charge in [0.15, 0.2) is 11.5 Å². The number of ether oxygens (including phenoxy) is 2. The molecule has 1 aromatic carbocycles. The van der Waals surface area contributed by atoms with E-state index in [1.165, 1.54) is 4.90 Å². The van der Waals surface area contributed by atoms with Gasteiger partial charge in [0.05, 0.1) is 7.11 Å². The molecular formula is C23H28O3S. The van der Waals surface area contributed by atoms with Gasteiger partial charge >= 0.3 is 0 Å². The third-order valence-electron chi connectivity index (χ3n) is 3.88. The number of aldehydes is 1. The van der Waals surface area contributed by atoms with Gasteiger partial charge in [-0.15, -0.1) is 11.8 Å². The molecular weight excluding hydrogens is 356 g/mol. The first-order chi connectivity index (χ1) is 12.8. The largest absolute Gasteiger partial charge is 0.493 e. The normalized spacial score (nSPS) is 11.6. The maximum Gasteiger partial charge on any atom is 0.165 e. The Hall–Kier alpha value is -2.46. The summed E-state index contributed by atoms with van der Waals surface area (Å²) in [7, 11) is 1.62. The Labute approximate surface area is 167 Å². The Morgan fingerprint density at radius 3 is 2.19 bits per heavy atom. The molecule has 0 atom stereocenters. The van der Waals surface area contributed by atoms with Gasteiger partial charge in [0.25, 0.3) is 0 Å². The molecule has 0 aliphatic rings. The minimum absolute atomic E-state index is 0.384. The summed E-state index contributed by atoms with van der Waals surface area (Å²) in [5.74, 6) is 1.31. The van der Waals surface area contributed by atoms with Crippen LogP contribution >= 0.6 is 11.8 Å². The van der Waals surface area contributed by atoms with Crippen LogP contribution in [-0.2, 0) is 20.9 Å². The van der Waals surface area contributed by atoms with Crippen molar-refractivity contribution >= 4 is 18.0 Å². The lowest BCUT2D eigenvalue weighted by Gasteiger charge is -2.18. The van der Waals surface area contributed by atoms with E-state index >= 15 is 0 Å². The molecule has 1 aromatic rings. The summed E-state index contributed by atoms with van der Waals surface area (Å²) in [6.07, 6.45) is 6.14. The summed E-state index contributed by atoms with van der Waals surface area (Å²) in [5.41, 5.74) is 4.01. The van der Waals surface area contributed by atoms with Crippen molar-refractivity contribution in [2.75, 3.05) is 13.4 Å². The van der Waals surface area contributed by atoms with Crippen LogP contribution in [0.5, 0.6) is 0 Å². The highest BCUT2D eigenvalue weighted by Crippen LogP contribution is 2.26. The molecule has 0 N–H and O–H groups in total. The quantitative estimate of drug-likeness (QED) is 0.163. The fourth-order valence-corrected chi connectivity index (χ4v) is 2.67. The molecule has 0 heterocycles. The topological polar surface area (TPSA) is 35.5 Å². The summed E-state index contributed by atoms with van der Waals surface area (Å²) < 4.78 is 11.7. The van der Waals surface area contributed by atoms with Crippen LogP contribution in [0.2, 0.25) is 0 Å². The van der Waals surface area contributed by atoms with Crippen molar-refractivity contribution < 1.29 is 14.3 Å². The van der Waals surface area contributed by atoms with E-state index in [2.05, 4.69) is 37.4 Å². The lowest BCUT2D eigenvalue weighted by atomic mass is 10.0. The summed E-state index contributed by atoms with van der Waals surface area (Å²) in [5, 5.41) is 0. The molecule has 0 unspecified atom stereocenters. The first-order valence-corrected chi connectivity index (χ1v) is 9.76. The van der Waals surface area contributed by atoms with Gasteiger partial charge in [-0.1, -0.05) is 37.4 Å². The number of rotatable bonds is 10. The number of methoxy groups -OCH3 is 1. The number of carbonyl (C=O) groups is 1. The van der Waals surface area contributed by atoms with E-state index in [0.717, 1.165) is 22.3 Å². The summed E-state index contributed by atoms with van der Waals surface area (Å²) in [6.45, 7) is 14.0. The van der Waals surface area contributed by atoms with Gasteiger partial charge in [-0.2, -0.15) is 0 Å². The van der Waals surface area contributed by atoms with Crippen molar-refractivity contribution in [2.24, 2.45) is 0 Å². The molecule has 0 spiro atoms. The molecule has 0 radical (unpaired) electrons. The molecule has 0 bridgehead atoms. The second-order valence-electron chi connectivity index (χ2n) is 6.18. The highest BCUT2D eigenvalue weighted by atomic mass is 32.2. The lowest BCUT2D eigenvalue weighted by Crippen LogP contribution is -2.05. The predicted molar refractivity (Wildman–Crippen MR) is 115 cm³/mol. The van der Waals surface area contributed by atoms with E-state index in [0.29, 0.717) is 30.0 Å². The van der Waals surface area contributed by atoms with Gasteiger partial charge in [-0.25, -0.2) is 0 Å². The van der Waals surface area contributed by atoms with Crippen molar-refractivity contribution in [3.8, 4) is 0 Å². The Kier molecular flexibility index (Phi) is 9.45. The smallest absolute Gasteiger partial charge is 0.165 e. The Morgan fingerprint density at radius 1 is 1.07 bits per heavy atom. The molecule has 1 rings (SSSR count). The molecule has 3 nitrogen and oxygen atoms in total. The number of hydrogen-bond donors (Lipinski definition) is 0. The van der Waals surface area contributed by atoms with E-state index in [9.17, 15) is 4.79 Å². The fourth-order valence-electron chi connectivity index (χ4n) is 2.26. The van der Waals surface area contributed by atoms with Crippen molar-refractivity contribution in [1.29, 1.82) is 0 Å². The highest BCUT2D eigenvalue weighted by Gasteiger charge is 2.15. The summed E-state index contributed by atoms with van der Waals surface area (Å²) in [4.78, 5) is 11.9. The second-order valence-corrected chi connectivity index (χ2v) is 7.06. The van der Waals surface area contributed by atoms with Gasteiger partial charge in [-0.05, 0) is 55.9 Å². The minimum Gasteiger partial charge on any atom is -0.493 e. The maximum absolute atomic E-state index is 10.7. The van der Waals surface area contributed by atoms with Crippen molar-refractivity contribution in [3.63, 3.8) is 0 Å². The SMILES string of the molecule is C=C(C=O)/C=C\C(=C)/C(C)=C(\OCc1ccc(SC)cc1)C(OC)=C(C)C. The van der Waals surface area contributed by atoms with E-state index in [1.807, 2.05) is 27.0 Å². The van der Waals surface area contributed by atoms with Crippen LogP contribution in [0.1, 0.15) is 26.3 Å². The minimum atomic E-state index is 0.384. The Balaban J connectivity index is 3.16. The number of allylic oxidation sites excluding steroid dienone is 6. The standard InChI is InChI=1S/C23H28O3S/c1-16(2)22(25-6)23(19(5)18(4)9-8-17(3)14-24)26-15-20-10-12-21(27-7)13-11-20/h8-14H,3-4,15H2,1-2,5-7H3/b9-8-,23-19-. The van der Waals surface area contributed by atoms with Crippen LogP contribution in [0.4, 0.5) is 0 Å². The highest BCUT2D eigenvalue weighted by molar-refractivity contribution is 7.98. The zero-order chi connectivity index (χ0) is 20.4. The van der Waals surface area contributed by atoms with Crippen LogP contribution < -0.4 is 0 Å².